The van der Waals surface area contributed by atoms with E-state index in [2.05, 4.69) is 15.5 Å². The first-order chi connectivity index (χ1) is 12.7. The van der Waals surface area contributed by atoms with Crippen molar-refractivity contribution in [3.8, 4) is 0 Å². The summed E-state index contributed by atoms with van der Waals surface area (Å²) in [5.41, 5.74) is 6.18. The molecule has 134 valence electrons. The molecule has 0 aliphatic carbocycles. The van der Waals surface area contributed by atoms with Gasteiger partial charge in [0.05, 0.1) is 30.2 Å². The van der Waals surface area contributed by atoms with Gasteiger partial charge in [0.1, 0.15) is 6.54 Å². The van der Waals surface area contributed by atoms with Crippen LogP contribution in [0.4, 0.5) is 5.69 Å². The molecule has 1 aromatic heterocycles. The molecule has 0 spiro atoms. The lowest BCUT2D eigenvalue weighted by Crippen LogP contribution is -2.22. The Kier molecular flexibility index (Phi) is 5.60. The highest BCUT2D eigenvalue weighted by Gasteiger charge is 2.06. The molecule has 3 rings (SSSR count). The quantitative estimate of drug-likeness (QED) is 0.500. The number of aliphatic hydroxyl groups is 1. The highest BCUT2D eigenvalue weighted by Crippen LogP contribution is 2.13. The standard InChI is InChI=1S/C19H21N5O2/c1-23(10-11-25)16-8-6-15(7-9-16)12-21-22-19(26)13-24-14-20-17-4-2-3-5-18(17)24/h2-9,12,14,25H,10-11,13H2,1H3,(H,22,26)/b21-12-. The average Bonchev–Trinajstić information content (AvgIpc) is 3.05. The number of anilines is 1. The number of carbonyl (C=O) groups excluding carboxylic acids is 1. The predicted molar refractivity (Wildman–Crippen MR) is 102 cm³/mol. The maximum Gasteiger partial charge on any atom is 0.260 e. The fraction of sp³-hybridized carbons (Fsp3) is 0.211. The summed E-state index contributed by atoms with van der Waals surface area (Å²) in [5, 5.41) is 13.0. The van der Waals surface area contributed by atoms with Gasteiger partial charge in [-0.1, -0.05) is 24.3 Å². The van der Waals surface area contributed by atoms with Crippen LogP contribution in [-0.2, 0) is 11.3 Å². The van der Waals surface area contributed by atoms with Crippen molar-refractivity contribution in [1.29, 1.82) is 0 Å². The molecule has 0 atom stereocenters. The van der Waals surface area contributed by atoms with Crippen LogP contribution >= 0.6 is 0 Å². The molecule has 0 fully saturated rings. The molecule has 26 heavy (non-hydrogen) atoms. The van der Waals surface area contributed by atoms with Gasteiger partial charge in [-0.05, 0) is 29.8 Å². The first kappa shape index (κ1) is 17.6. The third-order valence-electron chi connectivity index (χ3n) is 4.01. The molecule has 0 unspecified atom stereocenters. The summed E-state index contributed by atoms with van der Waals surface area (Å²) in [6.07, 6.45) is 3.25. The molecule has 0 saturated carbocycles. The van der Waals surface area contributed by atoms with E-state index >= 15 is 0 Å². The number of hydrogen-bond acceptors (Lipinski definition) is 5. The third-order valence-corrected chi connectivity index (χ3v) is 4.01. The van der Waals surface area contributed by atoms with Crippen molar-refractivity contribution in [2.45, 2.75) is 6.54 Å². The zero-order chi connectivity index (χ0) is 18.4. The fourth-order valence-corrected chi connectivity index (χ4v) is 2.60. The van der Waals surface area contributed by atoms with Gasteiger partial charge in [0.2, 0.25) is 0 Å². The van der Waals surface area contributed by atoms with Crippen LogP contribution in [0.25, 0.3) is 11.0 Å². The van der Waals surface area contributed by atoms with Gasteiger partial charge in [0, 0.05) is 19.3 Å². The van der Waals surface area contributed by atoms with E-state index in [0.29, 0.717) is 6.54 Å². The Labute approximate surface area is 151 Å². The Morgan fingerprint density at radius 1 is 1.27 bits per heavy atom. The van der Waals surface area contributed by atoms with E-state index in [1.807, 2.05) is 60.5 Å². The number of aliphatic hydroxyl groups excluding tert-OH is 1. The fourth-order valence-electron chi connectivity index (χ4n) is 2.60. The van der Waals surface area contributed by atoms with Crippen molar-refractivity contribution in [2.24, 2.45) is 5.10 Å². The lowest BCUT2D eigenvalue weighted by molar-refractivity contribution is -0.121. The minimum atomic E-state index is -0.219. The monoisotopic (exact) mass is 351 g/mol. The molecule has 2 N–H and O–H groups in total. The number of carbonyl (C=O) groups is 1. The van der Waals surface area contributed by atoms with Crippen LogP contribution in [0.5, 0.6) is 0 Å². The number of aromatic nitrogens is 2. The van der Waals surface area contributed by atoms with Gasteiger partial charge in [-0.15, -0.1) is 0 Å². The van der Waals surface area contributed by atoms with Crippen LogP contribution in [0.3, 0.4) is 0 Å². The number of hydrazone groups is 1. The summed E-state index contributed by atoms with van der Waals surface area (Å²) in [4.78, 5) is 18.3. The molecule has 1 heterocycles. The van der Waals surface area contributed by atoms with Crippen LogP contribution in [0.2, 0.25) is 0 Å². The maximum atomic E-state index is 12.1. The number of rotatable bonds is 7. The van der Waals surface area contributed by atoms with Crippen LogP contribution in [0, 0.1) is 0 Å². The van der Waals surface area contributed by atoms with Crippen molar-refractivity contribution in [3.05, 3.63) is 60.4 Å². The Morgan fingerprint density at radius 3 is 2.81 bits per heavy atom. The minimum absolute atomic E-state index is 0.109. The van der Waals surface area contributed by atoms with Crippen molar-refractivity contribution in [3.63, 3.8) is 0 Å². The van der Waals surface area contributed by atoms with Gasteiger partial charge in [0.15, 0.2) is 0 Å². The van der Waals surface area contributed by atoms with Crippen LogP contribution in [0.15, 0.2) is 60.0 Å². The van der Waals surface area contributed by atoms with E-state index in [-0.39, 0.29) is 19.1 Å². The summed E-state index contributed by atoms with van der Waals surface area (Å²) in [6.45, 7) is 0.840. The highest BCUT2D eigenvalue weighted by atomic mass is 16.3. The van der Waals surface area contributed by atoms with Gasteiger partial charge >= 0.3 is 0 Å². The summed E-state index contributed by atoms with van der Waals surface area (Å²) < 4.78 is 1.78. The van der Waals surface area contributed by atoms with E-state index in [1.54, 1.807) is 17.1 Å². The summed E-state index contributed by atoms with van der Waals surface area (Å²) in [6, 6.07) is 15.4. The molecule has 0 aliphatic heterocycles. The Morgan fingerprint density at radius 2 is 2.04 bits per heavy atom. The molecule has 0 saturated heterocycles. The maximum absolute atomic E-state index is 12.1. The van der Waals surface area contributed by atoms with Gasteiger partial charge in [-0.25, -0.2) is 10.4 Å². The van der Waals surface area contributed by atoms with Gasteiger partial charge < -0.3 is 14.6 Å². The number of nitrogens with one attached hydrogen (secondary N) is 1. The van der Waals surface area contributed by atoms with Crippen LogP contribution < -0.4 is 10.3 Å². The number of imidazole rings is 1. The molecule has 0 aliphatic rings. The second-order valence-corrected chi connectivity index (χ2v) is 5.89. The van der Waals surface area contributed by atoms with E-state index < -0.39 is 0 Å². The molecular weight excluding hydrogens is 330 g/mol. The first-order valence-electron chi connectivity index (χ1n) is 8.31. The van der Waals surface area contributed by atoms with Crippen molar-refractivity contribution < 1.29 is 9.90 Å². The Balaban J connectivity index is 1.55. The lowest BCUT2D eigenvalue weighted by Gasteiger charge is -2.17. The SMILES string of the molecule is CN(CCO)c1ccc(/C=N\NC(=O)Cn2cnc3ccccc32)cc1. The molecule has 0 bridgehead atoms. The van der Waals surface area contributed by atoms with Gasteiger partial charge in [-0.3, -0.25) is 4.79 Å². The molecule has 3 aromatic rings. The van der Waals surface area contributed by atoms with E-state index in [0.717, 1.165) is 22.3 Å². The van der Waals surface area contributed by atoms with E-state index in [4.69, 9.17) is 5.11 Å². The predicted octanol–water partition coefficient (Wildman–Crippen LogP) is 1.62. The molecule has 0 radical (unpaired) electrons. The van der Waals surface area contributed by atoms with E-state index in [9.17, 15) is 4.79 Å². The third kappa shape index (κ3) is 4.25. The van der Waals surface area contributed by atoms with E-state index in [1.165, 1.54) is 0 Å². The first-order valence-corrected chi connectivity index (χ1v) is 8.31. The summed E-state index contributed by atoms with van der Waals surface area (Å²) in [5.74, 6) is -0.219. The lowest BCUT2D eigenvalue weighted by atomic mass is 10.2. The second-order valence-electron chi connectivity index (χ2n) is 5.89. The number of nitrogens with zero attached hydrogens (tertiary/aromatic N) is 4. The van der Waals surface area contributed by atoms with Crippen LogP contribution in [0.1, 0.15) is 5.56 Å². The Hall–Kier alpha value is -3.19. The molecule has 7 heteroatoms. The van der Waals surface area contributed by atoms with Crippen molar-refractivity contribution in [1.82, 2.24) is 15.0 Å². The molecule has 2 aromatic carbocycles. The van der Waals surface area contributed by atoms with Crippen molar-refractivity contribution in [2.75, 3.05) is 25.1 Å². The molecular formula is C19H21N5O2. The smallest absolute Gasteiger partial charge is 0.260 e. The van der Waals surface area contributed by atoms with Gasteiger partial charge in [-0.2, -0.15) is 5.10 Å². The molecule has 1 amide bonds. The van der Waals surface area contributed by atoms with Crippen LogP contribution in [-0.4, -0.2) is 47.0 Å². The highest BCUT2D eigenvalue weighted by molar-refractivity contribution is 5.84. The number of hydrogen-bond donors (Lipinski definition) is 2. The minimum Gasteiger partial charge on any atom is -0.395 e. The Bertz CT molecular complexity index is 902. The summed E-state index contributed by atoms with van der Waals surface area (Å²) in [7, 11) is 1.92. The number of benzene rings is 2. The number of fused-ring (bicyclic) bond motifs is 1. The number of para-hydroxylation sites is 2. The summed E-state index contributed by atoms with van der Waals surface area (Å²) >= 11 is 0. The zero-order valence-electron chi connectivity index (χ0n) is 14.5. The largest absolute Gasteiger partial charge is 0.395 e. The second kappa shape index (κ2) is 8.26. The topological polar surface area (TPSA) is 82.8 Å². The normalized spacial score (nSPS) is 11.2. The number of likely N-dealkylation sites (N-methyl/N-ethyl adjacent to an activating group) is 1. The average molecular weight is 351 g/mol. The molecule has 7 nitrogen and oxygen atoms in total. The van der Waals surface area contributed by atoms with Gasteiger partial charge in [0.25, 0.3) is 5.91 Å². The zero-order valence-corrected chi connectivity index (χ0v) is 14.5. The number of amides is 1. The van der Waals surface area contributed by atoms with Crippen molar-refractivity contribution >= 4 is 28.8 Å².